The van der Waals surface area contributed by atoms with Crippen LogP contribution < -0.4 is 0 Å². The lowest BCUT2D eigenvalue weighted by atomic mass is 10.1. The van der Waals surface area contributed by atoms with Crippen LogP contribution >= 0.6 is 0 Å². The molecule has 3 aromatic rings. The van der Waals surface area contributed by atoms with Gasteiger partial charge in [0.25, 0.3) is 5.69 Å². The molecule has 0 spiro atoms. The summed E-state index contributed by atoms with van der Waals surface area (Å²) in [4.78, 5) is 36.2. The molecule has 0 amide bonds. The van der Waals surface area contributed by atoms with Crippen molar-refractivity contribution in [2.24, 2.45) is 0 Å². The topological polar surface area (TPSA) is 121 Å². The van der Waals surface area contributed by atoms with Crippen molar-refractivity contribution >= 4 is 23.3 Å². The van der Waals surface area contributed by atoms with E-state index in [-0.39, 0.29) is 28.4 Å². The van der Waals surface area contributed by atoms with Gasteiger partial charge in [0.1, 0.15) is 11.4 Å². The second kappa shape index (κ2) is 5.30. The number of carbonyl (C=O) groups is 1. The van der Waals surface area contributed by atoms with Crippen LogP contribution in [0.1, 0.15) is 10.5 Å². The predicted molar refractivity (Wildman–Crippen MR) is 79.3 cm³/mol. The maximum atomic E-state index is 11.4. The molecule has 9 heteroatoms. The van der Waals surface area contributed by atoms with Gasteiger partial charge in [-0.3, -0.25) is 29.4 Å². The molecule has 9 nitrogen and oxygen atoms in total. The maximum Gasteiger partial charge on any atom is 0.312 e. The van der Waals surface area contributed by atoms with Gasteiger partial charge in [-0.15, -0.1) is 0 Å². The summed E-state index contributed by atoms with van der Waals surface area (Å²) in [5, 5.41) is 21.8. The number of aromatic nitrogens is 2. The molecule has 0 aliphatic heterocycles. The fraction of sp³-hybridized carbons (Fsp3) is 0. The van der Waals surface area contributed by atoms with Crippen molar-refractivity contribution in [1.82, 2.24) is 9.38 Å². The van der Waals surface area contributed by atoms with E-state index in [9.17, 15) is 25.0 Å². The second-order valence-electron chi connectivity index (χ2n) is 4.61. The molecule has 0 unspecified atom stereocenters. The Morgan fingerprint density at radius 2 is 1.74 bits per heavy atom. The van der Waals surface area contributed by atoms with Crippen molar-refractivity contribution < 1.29 is 14.6 Å². The Morgan fingerprint density at radius 3 is 2.30 bits per heavy atom. The summed E-state index contributed by atoms with van der Waals surface area (Å²) in [6.07, 6.45) is 2.04. The zero-order valence-electron chi connectivity index (χ0n) is 11.4. The first-order valence-corrected chi connectivity index (χ1v) is 6.38. The molecule has 0 saturated heterocycles. The van der Waals surface area contributed by atoms with Crippen molar-refractivity contribution in [2.75, 3.05) is 0 Å². The quantitative estimate of drug-likeness (QED) is 0.415. The summed E-state index contributed by atoms with van der Waals surface area (Å²) < 4.78 is 1.32. The Kier molecular flexibility index (Phi) is 3.30. The Hall–Kier alpha value is -3.62. The Labute approximate surface area is 128 Å². The normalized spacial score (nSPS) is 10.6. The first kappa shape index (κ1) is 14.3. The van der Waals surface area contributed by atoms with Gasteiger partial charge >= 0.3 is 5.69 Å². The fourth-order valence-corrected chi connectivity index (χ4v) is 2.28. The van der Waals surface area contributed by atoms with Gasteiger partial charge in [0.15, 0.2) is 6.29 Å². The predicted octanol–water partition coefficient (Wildman–Crippen LogP) is 2.63. The molecule has 2 aromatic heterocycles. The minimum atomic E-state index is -0.587. The van der Waals surface area contributed by atoms with Crippen molar-refractivity contribution in [1.29, 1.82) is 0 Å². The molecule has 0 saturated carbocycles. The van der Waals surface area contributed by atoms with Gasteiger partial charge in [-0.2, -0.15) is 0 Å². The van der Waals surface area contributed by atoms with Gasteiger partial charge in [0.2, 0.25) is 5.65 Å². The van der Waals surface area contributed by atoms with Crippen LogP contribution in [0.2, 0.25) is 0 Å². The van der Waals surface area contributed by atoms with Crippen LogP contribution in [-0.2, 0) is 0 Å². The molecule has 0 fully saturated rings. The molecule has 0 aliphatic carbocycles. The van der Waals surface area contributed by atoms with E-state index < -0.39 is 9.85 Å². The van der Waals surface area contributed by atoms with E-state index in [1.165, 1.54) is 47.0 Å². The largest absolute Gasteiger partial charge is 0.312 e. The number of hydrogen-bond acceptors (Lipinski definition) is 6. The van der Waals surface area contributed by atoms with Gasteiger partial charge < -0.3 is 0 Å². The highest BCUT2D eigenvalue weighted by atomic mass is 16.6. The molecular formula is C14H8N4O5. The van der Waals surface area contributed by atoms with Gasteiger partial charge in [-0.1, -0.05) is 0 Å². The average Bonchev–Trinajstić information content (AvgIpc) is 2.93. The summed E-state index contributed by atoms with van der Waals surface area (Å²) in [6.45, 7) is 0. The van der Waals surface area contributed by atoms with E-state index in [1.54, 1.807) is 0 Å². The van der Waals surface area contributed by atoms with Crippen LogP contribution in [0.3, 0.4) is 0 Å². The Bertz CT molecular complexity index is 946. The van der Waals surface area contributed by atoms with Crippen LogP contribution in [0.15, 0.2) is 42.6 Å². The molecule has 1 aromatic carbocycles. The number of benzene rings is 1. The highest BCUT2D eigenvalue weighted by Crippen LogP contribution is 2.28. The summed E-state index contributed by atoms with van der Waals surface area (Å²) >= 11 is 0. The standard InChI is InChI=1S/C14H8N4O5/c19-8-12-13(9-3-5-10(6-4-9)17(20)21)15-14-11(18(22)23)2-1-7-16(12)14/h1-8H. The van der Waals surface area contributed by atoms with Crippen LogP contribution in [0.25, 0.3) is 16.9 Å². The SMILES string of the molecule is O=Cc1c(-c2ccc([N+](=O)[O-])cc2)nc2c([N+](=O)[O-])cccn12. The number of rotatable bonds is 4. The number of imidazole rings is 1. The smallest absolute Gasteiger partial charge is 0.296 e. The zero-order chi connectivity index (χ0) is 16.6. The van der Waals surface area contributed by atoms with Crippen LogP contribution in [0, 0.1) is 20.2 Å². The van der Waals surface area contributed by atoms with Crippen molar-refractivity contribution in [2.45, 2.75) is 0 Å². The fourth-order valence-electron chi connectivity index (χ4n) is 2.28. The Morgan fingerprint density at radius 1 is 1.04 bits per heavy atom. The minimum Gasteiger partial charge on any atom is -0.296 e. The number of nitrogens with zero attached hydrogens (tertiary/aromatic N) is 4. The summed E-state index contributed by atoms with van der Waals surface area (Å²) in [5.74, 6) is 0. The number of aldehydes is 1. The van der Waals surface area contributed by atoms with Gasteiger partial charge in [0, 0.05) is 30.0 Å². The van der Waals surface area contributed by atoms with Gasteiger partial charge in [-0.25, -0.2) is 4.98 Å². The highest BCUT2D eigenvalue weighted by molar-refractivity contribution is 5.87. The zero-order valence-corrected chi connectivity index (χ0v) is 11.4. The van der Waals surface area contributed by atoms with E-state index in [4.69, 9.17) is 0 Å². The number of carbonyl (C=O) groups excluding carboxylic acids is 1. The third-order valence-corrected chi connectivity index (χ3v) is 3.33. The third kappa shape index (κ3) is 2.29. The lowest BCUT2D eigenvalue weighted by Gasteiger charge is -1.98. The van der Waals surface area contributed by atoms with Gasteiger partial charge in [-0.05, 0) is 18.2 Å². The molecule has 0 aliphatic rings. The van der Waals surface area contributed by atoms with E-state index in [0.717, 1.165) is 0 Å². The van der Waals surface area contributed by atoms with E-state index in [2.05, 4.69) is 4.98 Å². The molecule has 0 atom stereocenters. The summed E-state index contributed by atoms with van der Waals surface area (Å²) in [7, 11) is 0. The van der Waals surface area contributed by atoms with Crippen molar-refractivity contribution in [3.05, 3.63) is 68.5 Å². The molecule has 0 N–H and O–H groups in total. The number of nitro groups is 2. The molecule has 23 heavy (non-hydrogen) atoms. The van der Waals surface area contributed by atoms with Crippen molar-refractivity contribution in [3.8, 4) is 11.3 Å². The average molecular weight is 312 g/mol. The molecule has 0 bridgehead atoms. The first-order valence-electron chi connectivity index (χ1n) is 6.38. The third-order valence-electron chi connectivity index (χ3n) is 3.33. The minimum absolute atomic E-state index is 0.0351. The number of nitro benzene ring substituents is 1. The van der Waals surface area contributed by atoms with E-state index in [1.807, 2.05) is 0 Å². The van der Waals surface area contributed by atoms with E-state index in [0.29, 0.717) is 11.8 Å². The van der Waals surface area contributed by atoms with Crippen molar-refractivity contribution in [3.63, 3.8) is 0 Å². The second-order valence-corrected chi connectivity index (χ2v) is 4.61. The first-order chi connectivity index (χ1) is 11.0. The highest BCUT2D eigenvalue weighted by Gasteiger charge is 2.21. The molecule has 0 radical (unpaired) electrons. The number of fused-ring (bicyclic) bond motifs is 1. The van der Waals surface area contributed by atoms with Crippen LogP contribution in [0.4, 0.5) is 11.4 Å². The molecule has 114 valence electrons. The molecular weight excluding hydrogens is 304 g/mol. The number of non-ortho nitro benzene ring substituents is 1. The monoisotopic (exact) mass is 312 g/mol. The maximum absolute atomic E-state index is 11.4. The Balaban J connectivity index is 2.25. The van der Waals surface area contributed by atoms with Gasteiger partial charge in [0.05, 0.1) is 9.85 Å². The lowest BCUT2D eigenvalue weighted by Crippen LogP contribution is -1.95. The summed E-state index contributed by atoms with van der Waals surface area (Å²) in [5.41, 5.74) is 0.519. The summed E-state index contributed by atoms with van der Waals surface area (Å²) in [6, 6.07) is 8.18. The lowest BCUT2D eigenvalue weighted by molar-refractivity contribution is -0.384. The number of hydrogen-bond donors (Lipinski definition) is 0. The molecule has 3 rings (SSSR count). The van der Waals surface area contributed by atoms with Crippen LogP contribution in [0.5, 0.6) is 0 Å². The van der Waals surface area contributed by atoms with E-state index >= 15 is 0 Å². The molecule has 2 heterocycles. The van der Waals surface area contributed by atoms with Crippen LogP contribution in [-0.4, -0.2) is 25.5 Å². The number of pyridine rings is 1.